The monoisotopic (exact) mass is 403 g/mol. The molecule has 0 saturated carbocycles. The minimum absolute atomic E-state index is 0.185. The van der Waals surface area contributed by atoms with E-state index in [-0.39, 0.29) is 18.4 Å². The predicted octanol–water partition coefficient (Wildman–Crippen LogP) is 4.02. The Hall–Kier alpha value is -3.64. The molecule has 0 aliphatic heterocycles. The molecule has 2 N–H and O–H groups in total. The van der Waals surface area contributed by atoms with Crippen molar-refractivity contribution >= 4 is 23.2 Å². The van der Waals surface area contributed by atoms with Crippen molar-refractivity contribution in [2.75, 3.05) is 31.3 Å². The third kappa shape index (κ3) is 5.93. The van der Waals surface area contributed by atoms with Crippen LogP contribution in [0.15, 0.2) is 78.9 Å². The van der Waals surface area contributed by atoms with Gasteiger partial charge in [-0.05, 0) is 36.9 Å². The number of nitrogens with zero attached hydrogens (tertiary/aromatic N) is 1. The molecule has 0 atom stereocenters. The molecule has 0 aliphatic rings. The van der Waals surface area contributed by atoms with E-state index in [0.717, 1.165) is 5.56 Å². The molecule has 154 valence electrons. The van der Waals surface area contributed by atoms with E-state index in [9.17, 15) is 9.59 Å². The topological polar surface area (TPSA) is 70.7 Å². The van der Waals surface area contributed by atoms with Crippen molar-refractivity contribution in [1.82, 2.24) is 4.90 Å². The SMILES string of the molecule is COc1cccc(NC(=O)c2ccccc2NC(=O)CN(C)Cc2ccccc2)c1. The second-order valence-electron chi connectivity index (χ2n) is 6.94. The molecule has 6 heteroatoms. The smallest absolute Gasteiger partial charge is 0.257 e. The minimum atomic E-state index is -0.309. The van der Waals surface area contributed by atoms with Crippen LogP contribution in [-0.4, -0.2) is 37.4 Å². The number of para-hydroxylation sites is 1. The summed E-state index contributed by atoms with van der Waals surface area (Å²) in [6.07, 6.45) is 0. The normalized spacial score (nSPS) is 10.5. The second-order valence-corrected chi connectivity index (χ2v) is 6.94. The van der Waals surface area contributed by atoms with Gasteiger partial charge in [-0.2, -0.15) is 0 Å². The van der Waals surface area contributed by atoms with Gasteiger partial charge >= 0.3 is 0 Å². The summed E-state index contributed by atoms with van der Waals surface area (Å²) in [5.74, 6) is 0.155. The van der Waals surface area contributed by atoms with Crippen LogP contribution >= 0.6 is 0 Å². The van der Waals surface area contributed by atoms with E-state index in [1.807, 2.05) is 42.3 Å². The van der Waals surface area contributed by atoms with Gasteiger partial charge in [0.05, 0.1) is 24.9 Å². The lowest BCUT2D eigenvalue weighted by Crippen LogP contribution is -2.30. The van der Waals surface area contributed by atoms with Gasteiger partial charge in [-0.25, -0.2) is 0 Å². The van der Waals surface area contributed by atoms with Crippen LogP contribution in [0.2, 0.25) is 0 Å². The first-order chi connectivity index (χ1) is 14.5. The van der Waals surface area contributed by atoms with Gasteiger partial charge in [0.25, 0.3) is 5.91 Å². The zero-order valence-electron chi connectivity index (χ0n) is 17.1. The first kappa shape index (κ1) is 21.1. The van der Waals surface area contributed by atoms with Gasteiger partial charge in [0.2, 0.25) is 5.91 Å². The summed E-state index contributed by atoms with van der Waals surface area (Å²) in [7, 11) is 3.45. The average molecular weight is 403 g/mol. The first-order valence-electron chi connectivity index (χ1n) is 9.62. The lowest BCUT2D eigenvalue weighted by Gasteiger charge is -2.17. The van der Waals surface area contributed by atoms with Gasteiger partial charge in [-0.3, -0.25) is 14.5 Å². The quantitative estimate of drug-likeness (QED) is 0.596. The molecule has 0 bridgehead atoms. The summed E-state index contributed by atoms with van der Waals surface area (Å²) in [6, 6.07) is 24.0. The van der Waals surface area contributed by atoms with E-state index < -0.39 is 0 Å². The number of carbonyl (C=O) groups excluding carboxylic acids is 2. The Labute approximate surface area is 176 Å². The van der Waals surface area contributed by atoms with E-state index in [0.29, 0.717) is 29.2 Å². The zero-order valence-corrected chi connectivity index (χ0v) is 17.1. The number of hydrogen-bond acceptors (Lipinski definition) is 4. The Kier molecular flexibility index (Phi) is 7.19. The number of benzene rings is 3. The van der Waals surface area contributed by atoms with Gasteiger partial charge in [0, 0.05) is 18.3 Å². The molecule has 0 aromatic heterocycles. The molecule has 6 nitrogen and oxygen atoms in total. The lowest BCUT2D eigenvalue weighted by molar-refractivity contribution is -0.117. The van der Waals surface area contributed by atoms with Crippen molar-refractivity contribution in [3.8, 4) is 5.75 Å². The van der Waals surface area contributed by atoms with Crippen LogP contribution in [0.4, 0.5) is 11.4 Å². The number of hydrogen-bond donors (Lipinski definition) is 2. The summed E-state index contributed by atoms with van der Waals surface area (Å²) in [5.41, 5.74) is 2.60. The van der Waals surface area contributed by atoms with Gasteiger partial charge in [-0.1, -0.05) is 48.5 Å². The number of rotatable bonds is 8. The maximum atomic E-state index is 12.8. The van der Waals surface area contributed by atoms with Crippen LogP contribution in [-0.2, 0) is 11.3 Å². The summed E-state index contributed by atoms with van der Waals surface area (Å²) < 4.78 is 5.19. The lowest BCUT2D eigenvalue weighted by atomic mass is 10.1. The molecule has 0 heterocycles. The average Bonchev–Trinajstić information content (AvgIpc) is 2.74. The fraction of sp³-hybridized carbons (Fsp3) is 0.167. The largest absolute Gasteiger partial charge is 0.497 e. The van der Waals surface area contributed by atoms with Gasteiger partial charge in [0.15, 0.2) is 0 Å². The maximum absolute atomic E-state index is 12.8. The molecule has 3 aromatic rings. The third-order valence-electron chi connectivity index (χ3n) is 4.48. The molecule has 0 unspecified atom stereocenters. The molecule has 3 rings (SSSR count). The first-order valence-corrected chi connectivity index (χ1v) is 9.62. The molecule has 0 radical (unpaired) electrons. The Morgan fingerprint density at radius 3 is 2.40 bits per heavy atom. The molecule has 0 fully saturated rings. The fourth-order valence-corrected chi connectivity index (χ4v) is 3.08. The van der Waals surface area contributed by atoms with Crippen LogP contribution in [0, 0.1) is 0 Å². The molecule has 0 aliphatic carbocycles. The number of nitrogens with one attached hydrogen (secondary N) is 2. The molecular weight excluding hydrogens is 378 g/mol. The Balaban J connectivity index is 1.64. The Bertz CT molecular complexity index is 1010. The highest BCUT2D eigenvalue weighted by atomic mass is 16.5. The van der Waals surface area contributed by atoms with Crippen LogP contribution in [0.1, 0.15) is 15.9 Å². The van der Waals surface area contributed by atoms with E-state index in [1.165, 1.54) is 0 Å². The molecular formula is C24H25N3O3. The van der Waals surface area contributed by atoms with Crippen molar-refractivity contribution < 1.29 is 14.3 Å². The van der Waals surface area contributed by atoms with Crippen molar-refractivity contribution in [2.24, 2.45) is 0 Å². The molecule has 2 amide bonds. The van der Waals surface area contributed by atoms with Gasteiger partial charge < -0.3 is 15.4 Å². The van der Waals surface area contributed by atoms with Gasteiger partial charge in [0.1, 0.15) is 5.75 Å². The van der Waals surface area contributed by atoms with E-state index in [1.54, 1.807) is 55.6 Å². The Morgan fingerprint density at radius 1 is 0.900 bits per heavy atom. The second kappa shape index (κ2) is 10.2. The van der Waals surface area contributed by atoms with Crippen LogP contribution < -0.4 is 15.4 Å². The number of ether oxygens (including phenoxy) is 1. The van der Waals surface area contributed by atoms with Crippen LogP contribution in [0.5, 0.6) is 5.75 Å². The standard InChI is InChI=1S/C24H25N3O3/c1-27(16-18-9-4-3-5-10-18)17-23(28)26-22-14-7-6-13-21(22)24(29)25-19-11-8-12-20(15-19)30-2/h3-15H,16-17H2,1-2H3,(H,25,29)(H,26,28). The molecule has 30 heavy (non-hydrogen) atoms. The predicted molar refractivity (Wildman–Crippen MR) is 119 cm³/mol. The zero-order chi connectivity index (χ0) is 21.3. The van der Waals surface area contributed by atoms with Crippen molar-refractivity contribution in [3.63, 3.8) is 0 Å². The highest BCUT2D eigenvalue weighted by Crippen LogP contribution is 2.20. The number of methoxy groups -OCH3 is 1. The highest BCUT2D eigenvalue weighted by molar-refractivity contribution is 6.10. The van der Waals surface area contributed by atoms with Crippen molar-refractivity contribution in [2.45, 2.75) is 6.54 Å². The summed E-state index contributed by atoms with van der Waals surface area (Å²) in [4.78, 5) is 27.2. The van der Waals surface area contributed by atoms with Crippen molar-refractivity contribution in [1.29, 1.82) is 0 Å². The molecule has 0 saturated heterocycles. The summed E-state index contributed by atoms with van der Waals surface area (Å²) in [5, 5.41) is 5.69. The maximum Gasteiger partial charge on any atom is 0.257 e. The van der Waals surface area contributed by atoms with E-state index in [2.05, 4.69) is 10.6 Å². The number of anilines is 2. The molecule has 3 aromatic carbocycles. The Morgan fingerprint density at radius 2 is 1.63 bits per heavy atom. The van der Waals surface area contributed by atoms with E-state index in [4.69, 9.17) is 4.74 Å². The minimum Gasteiger partial charge on any atom is -0.497 e. The van der Waals surface area contributed by atoms with Crippen LogP contribution in [0.3, 0.4) is 0 Å². The van der Waals surface area contributed by atoms with Crippen LogP contribution in [0.25, 0.3) is 0 Å². The van der Waals surface area contributed by atoms with Gasteiger partial charge in [-0.15, -0.1) is 0 Å². The summed E-state index contributed by atoms with van der Waals surface area (Å²) in [6.45, 7) is 0.868. The third-order valence-corrected chi connectivity index (χ3v) is 4.48. The van der Waals surface area contributed by atoms with Crippen molar-refractivity contribution in [3.05, 3.63) is 90.0 Å². The highest BCUT2D eigenvalue weighted by Gasteiger charge is 2.15. The van der Waals surface area contributed by atoms with E-state index >= 15 is 0 Å². The number of likely N-dealkylation sites (N-methyl/N-ethyl adjacent to an activating group) is 1. The fourth-order valence-electron chi connectivity index (χ4n) is 3.08. The summed E-state index contributed by atoms with van der Waals surface area (Å²) >= 11 is 0. The number of carbonyl (C=O) groups is 2. The number of amides is 2. The molecule has 0 spiro atoms.